The molecule has 2 heterocycles. The molecule has 29 heavy (non-hydrogen) atoms. The normalized spacial score (nSPS) is 10.9. The van der Waals surface area contributed by atoms with Crippen molar-refractivity contribution in [1.29, 1.82) is 0 Å². The van der Waals surface area contributed by atoms with Gasteiger partial charge in [-0.05, 0) is 42.0 Å². The molecule has 0 fully saturated rings. The first kappa shape index (κ1) is 19.4. The number of rotatable bonds is 7. The Bertz CT molecular complexity index is 1120. The number of fused-ring (bicyclic) bond motifs is 1. The first-order chi connectivity index (χ1) is 14.2. The molecule has 0 unspecified atom stereocenters. The Kier molecular flexibility index (Phi) is 6.07. The molecule has 4 aromatic rings. The van der Waals surface area contributed by atoms with E-state index in [0.717, 1.165) is 15.8 Å². The third-order valence-corrected chi connectivity index (χ3v) is 5.52. The number of hydrogen-bond donors (Lipinski definition) is 1. The van der Waals surface area contributed by atoms with Gasteiger partial charge in [-0.15, -0.1) is 10.2 Å². The predicted molar refractivity (Wildman–Crippen MR) is 114 cm³/mol. The van der Waals surface area contributed by atoms with E-state index in [0.29, 0.717) is 30.0 Å². The number of amides is 1. The fourth-order valence-corrected chi connectivity index (χ4v) is 3.70. The monoisotopic (exact) mass is 423 g/mol. The largest absolute Gasteiger partial charge is 0.352 e. The molecule has 0 radical (unpaired) electrons. The highest BCUT2D eigenvalue weighted by Crippen LogP contribution is 2.22. The summed E-state index contributed by atoms with van der Waals surface area (Å²) in [7, 11) is 0. The highest BCUT2D eigenvalue weighted by molar-refractivity contribution is 7.98. The minimum Gasteiger partial charge on any atom is -0.352 e. The van der Waals surface area contributed by atoms with Crippen LogP contribution in [0.1, 0.15) is 21.7 Å². The van der Waals surface area contributed by atoms with Crippen LogP contribution in [0, 0.1) is 0 Å². The number of benzene rings is 2. The summed E-state index contributed by atoms with van der Waals surface area (Å²) in [6, 6.07) is 20.8. The Morgan fingerprint density at radius 3 is 2.59 bits per heavy atom. The molecular weight excluding hydrogens is 406 g/mol. The van der Waals surface area contributed by atoms with Crippen molar-refractivity contribution in [2.24, 2.45) is 0 Å². The average Bonchev–Trinajstić information content (AvgIpc) is 3.16. The lowest BCUT2D eigenvalue weighted by Crippen LogP contribution is -2.26. The molecule has 0 aliphatic rings. The molecule has 0 aliphatic carbocycles. The van der Waals surface area contributed by atoms with Gasteiger partial charge in [0.2, 0.25) is 0 Å². The molecule has 0 aliphatic heterocycles. The fraction of sp³-hybridized carbons (Fsp3) is 0.143. The zero-order valence-corrected chi connectivity index (χ0v) is 17.0. The first-order valence-corrected chi connectivity index (χ1v) is 10.5. The van der Waals surface area contributed by atoms with Crippen molar-refractivity contribution in [2.45, 2.75) is 17.2 Å². The Labute approximate surface area is 177 Å². The van der Waals surface area contributed by atoms with Crippen LogP contribution in [-0.2, 0) is 12.2 Å². The predicted octanol–water partition coefficient (Wildman–Crippen LogP) is 4.04. The molecule has 8 heteroatoms. The second-order valence-corrected chi connectivity index (χ2v) is 7.78. The average molecular weight is 424 g/mol. The van der Waals surface area contributed by atoms with Gasteiger partial charge in [0, 0.05) is 29.3 Å². The third-order valence-electron chi connectivity index (χ3n) is 4.27. The molecule has 6 nitrogen and oxygen atoms in total. The Morgan fingerprint density at radius 2 is 1.79 bits per heavy atom. The highest BCUT2D eigenvalue weighted by Gasteiger charge is 2.10. The highest BCUT2D eigenvalue weighted by atomic mass is 35.5. The van der Waals surface area contributed by atoms with Crippen molar-refractivity contribution in [3.63, 3.8) is 0 Å². The number of aromatic nitrogens is 4. The molecule has 0 spiro atoms. The van der Waals surface area contributed by atoms with Crippen LogP contribution >= 0.6 is 23.4 Å². The summed E-state index contributed by atoms with van der Waals surface area (Å²) in [5.41, 5.74) is 2.50. The molecule has 2 aromatic carbocycles. The van der Waals surface area contributed by atoms with Crippen LogP contribution in [0.4, 0.5) is 0 Å². The summed E-state index contributed by atoms with van der Waals surface area (Å²) in [4.78, 5) is 12.2. The fourth-order valence-electron chi connectivity index (χ4n) is 2.77. The zero-order valence-electron chi connectivity index (χ0n) is 15.5. The van der Waals surface area contributed by atoms with E-state index >= 15 is 0 Å². The topological polar surface area (TPSA) is 72.2 Å². The van der Waals surface area contributed by atoms with Crippen molar-refractivity contribution in [2.75, 3.05) is 6.54 Å². The maximum Gasteiger partial charge on any atom is 0.251 e. The van der Waals surface area contributed by atoms with Crippen LogP contribution < -0.4 is 5.32 Å². The van der Waals surface area contributed by atoms with Crippen molar-refractivity contribution in [3.05, 3.63) is 88.7 Å². The van der Waals surface area contributed by atoms with Gasteiger partial charge in [0.1, 0.15) is 5.03 Å². The summed E-state index contributed by atoms with van der Waals surface area (Å²) in [6.07, 6.45) is 0.540. The number of carbonyl (C=O) groups is 1. The number of thioether (sulfide) groups is 1. The number of halogens is 1. The van der Waals surface area contributed by atoms with Gasteiger partial charge in [0.25, 0.3) is 5.91 Å². The van der Waals surface area contributed by atoms with E-state index in [2.05, 4.69) is 20.6 Å². The van der Waals surface area contributed by atoms with Gasteiger partial charge in [-0.3, -0.25) is 4.79 Å². The molecule has 0 saturated heterocycles. The molecule has 146 valence electrons. The molecule has 0 bridgehead atoms. The minimum absolute atomic E-state index is 0.105. The summed E-state index contributed by atoms with van der Waals surface area (Å²) in [5, 5.41) is 17.5. The number of nitrogens with one attached hydrogen (secondary N) is 1. The molecule has 1 amide bonds. The Morgan fingerprint density at radius 1 is 1.00 bits per heavy atom. The maximum absolute atomic E-state index is 12.2. The van der Waals surface area contributed by atoms with Crippen molar-refractivity contribution in [1.82, 2.24) is 25.1 Å². The van der Waals surface area contributed by atoms with E-state index in [9.17, 15) is 4.79 Å². The number of hydrogen-bond acceptors (Lipinski definition) is 5. The Balaban J connectivity index is 1.39. The first-order valence-electron chi connectivity index (χ1n) is 9.11. The van der Waals surface area contributed by atoms with E-state index < -0.39 is 0 Å². The SMILES string of the molecule is O=C(NCCc1nnc2ccc(SCc3ccc(Cl)cc3)nn12)c1ccccc1. The second kappa shape index (κ2) is 9.07. The lowest BCUT2D eigenvalue weighted by molar-refractivity contribution is 0.0954. The summed E-state index contributed by atoms with van der Waals surface area (Å²) in [5.74, 6) is 1.40. The van der Waals surface area contributed by atoms with Crippen molar-refractivity contribution < 1.29 is 4.79 Å². The smallest absolute Gasteiger partial charge is 0.251 e. The van der Waals surface area contributed by atoms with E-state index in [1.807, 2.05) is 54.6 Å². The van der Waals surface area contributed by atoms with Gasteiger partial charge >= 0.3 is 0 Å². The van der Waals surface area contributed by atoms with Crippen LogP contribution in [0.15, 0.2) is 71.8 Å². The third kappa shape index (κ3) is 4.93. The van der Waals surface area contributed by atoms with Gasteiger partial charge in [-0.2, -0.15) is 9.61 Å². The van der Waals surface area contributed by atoms with Gasteiger partial charge < -0.3 is 5.32 Å². The minimum atomic E-state index is -0.105. The van der Waals surface area contributed by atoms with Crippen LogP contribution in [-0.4, -0.2) is 32.3 Å². The quantitative estimate of drug-likeness (QED) is 0.454. The van der Waals surface area contributed by atoms with Gasteiger partial charge in [0.05, 0.1) is 0 Å². The van der Waals surface area contributed by atoms with E-state index in [-0.39, 0.29) is 5.91 Å². The van der Waals surface area contributed by atoms with Crippen molar-refractivity contribution >= 4 is 34.9 Å². The van der Waals surface area contributed by atoms with Crippen LogP contribution in [0.5, 0.6) is 0 Å². The lowest BCUT2D eigenvalue weighted by atomic mass is 10.2. The molecule has 0 atom stereocenters. The number of carbonyl (C=O) groups excluding carboxylic acids is 1. The van der Waals surface area contributed by atoms with Gasteiger partial charge in [0.15, 0.2) is 11.5 Å². The van der Waals surface area contributed by atoms with Crippen LogP contribution in [0.2, 0.25) is 5.02 Å². The summed E-state index contributed by atoms with van der Waals surface area (Å²) < 4.78 is 1.73. The maximum atomic E-state index is 12.2. The molecule has 2 aromatic heterocycles. The zero-order chi connectivity index (χ0) is 20.1. The summed E-state index contributed by atoms with van der Waals surface area (Å²) >= 11 is 7.56. The van der Waals surface area contributed by atoms with Crippen LogP contribution in [0.25, 0.3) is 5.65 Å². The van der Waals surface area contributed by atoms with Crippen LogP contribution in [0.3, 0.4) is 0 Å². The summed E-state index contributed by atoms with van der Waals surface area (Å²) in [6.45, 7) is 0.457. The van der Waals surface area contributed by atoms with E-state index in [1.165, 1.54) is 5.56 Å². The van der Waals surface area contributed by atoms with Gasteiger partial charge in [-0.1, -0.05) is 53.7 Å². The van der Waals surface area contributed by atoms with Crippen molar-refractivity contribution in [3.8, 4) is 0 Å². The van der Waals surface area contributed by atoms with E-state index in [1.54, 1.807) is 28.4 Å². The molecule has 1 N–H and O–H groups in total. The standard InChI is InChI=1S/C21H18ClN5OS/c22-17-8-6-15(7-9-17)14-29-20-11-10-18-24-25-19(27(18)26-20)12-13-23-21(28)16-4-2-1-3-5-16/h1-11H,12-14H2,(H,23,28). The second-order valence-electron chi connectivity index (χ2n) is 6.34. The molecule has 0 saturated carbocycles. The van der Waals surface area contributed by atoms with E-state index in [4.69, 9.17) is 11.6 Å². The lowest BCUT2D eigenvalue weighted by Gasteiger charge is -2.05. The molecule has 4 rings (SSSR count). The number of nitrogens with zero attached hydrogens (tertiary/aromatic N) is 4. The van der Waals surface area contributed by atoms with Gasteiger partial charge in [-0.25, -0.2) is 0 Å². The molecular formula is C21H18ClN5OS. The Hall–Kier alpha value is -2.90.